The summed E-state index contributed by atoms with van der Waals surface area (Å²) in [6.07, 6.45) is -1.33. The van der Waals surface area contributed by atoms with Crippen LogP contribution >= 0.6 is 0 Å². The van der Waals surface area contributed by atoms with Gasteiger partial charge in [0.2, 0.25) is 11.6 Å². The maximum absolute atomic E-state index is 14.8. The van der Waals surface area contributed by atoms with Gasteiger partial charge in [0.15, 0.2) is 5.60 Å². The van der Waals surface area contributed by atoms with Crippen LogP contribution in [-0.4, -0.2) is 76.6 Å². The molecule has 0 radical (unpaired) electrons. The van der Waals surface area contributed by atoms with Crippen molar-refractivity contribution in [3.05, 3.63) is 45.2 Å². The topological polar surface area (TPSA) is 162 Å². The normalized spacial score (nSPS) is 33.1. The zero-order chi connectivity index (χ0) is 32.0. The minimum Gasteiger partial charge on any atom is -0.507 e. The second-order valence-electron chi connectivity index (χ2n) is 13.1. The van der Waals surface area contributed by atoms with Gasteiger partial charge in [-0.3, -0.25) is 19.3 Å². The summed E-state index contributed by atoms with van der Waals surface area (Å²) in [4.78, 5) is 41.5. The highest BCUT2D eigenvalue weighted by Crippen LogP contribution is 2.54. The fourth-order valence-electron chi connectivity index (χ4n) is 8.81. The summed E-state index contributed by atoms with van der Waals surface area (Å²) in [5.74, 6) is -6.83. The third-order valence-electron chi connectivity index (χ3n) is 10.6. The molecule has 0 heterocycles. The van der Waals surface area contributed by atoms with Crippen LogP contribution in [0.15, 0.2) is 23.0 Å². The highest BCUT2D eigenvalue weighted by atomic mass is 19.4. The van der Waals surface area contributed by atoms with E-state index in [-0.39, 0.29) is 42.3 Å². The number of carbonyl (C=O) groups excluding carboxylic acids is 3. The number of ketones is 2. The maximum atomic E-state index is 14.8. The number of benzene rings is 1. The summed E-state index contributed by atoms with van der Waals surface area (Å²) in [5, 5.41) is 37.4. The van der Waals surface area contributed by atoms with Crippen molar-refractivity contribution < 1.29 is 47.6 Å². The SMILES string of the molecule is COC1=C(C(N)=O)C(=O)[C@@]2(O)C(=O)C3=C(O)c4c(O)cc(CN[C@H]5CC6CCC5C6)c(C(F)(F)F)c4C[C@H]3C[C@H]2[C@@H]1N(C)C. The quantitative estimate of drug-likeness (QED) is 0.238. The number of aliphatic hydroxyl groups is 2. The first kappa shape index (κ1) is 30.6. The molecule has 6 N–H and O–H groups in total. The van der Waals surface area contributed by atoms with E-state index in [2.05, 4.69) is 5.32 Å². The average molecular weight is 620 g/mol. The number of ether oxygens (including phenoxy) is 1. The average Bonchev–Trinajstić information content (AvgIpc) is 3.55. The number of carbonyl (C=O) groups is 3. The van der Waals surface area contributed by atoms with Crippen molar-refractivity contribution in [3.8, 4) is 5.75 Å². The smallest absolute Gasteiger partial charge is 0.417 e. The number of hydrogen-bond acceptors (Lipinski definition) is 9. The van der Waals surface area contributed by atoms with Gasteiger partial charge in [-0.25, -0.2) is 0 Å². The molecule has 44 heavy (non-hydrogen) atoms. The Balaban J connectivity index is 1.46. The number of phenols is 1. The lowest BCUT2D eigenvalue weighted by Gasteiger charge is -2.50. The minimum absolute atomic E-state index is 0.0849. The van der Waals surface area contributed by atoms with E-state index >= 15 is 0 Å². The number of methoxy groups -OCH3 is 1. The largest absolute Gasteiger partial charge is 0.507 e. The Hall–Kier alpha value is -3.42. The number of nitrogens with zero attached hydrogens (tertiary/aromatic N) is 1. The summed E-state index contributed by atoms with van der Waals surface area (Å²) in [5.41, 5.74) is -0.630. The van der Waals surface area contributed by atoms with Crippen molar-refractivity contribution in [3.63, 3.8) is 0 Å². The molecule has 1 aromatic carbocycles. The van der Waals surface area contributed by atoms with E-state index in [1.165, 1.54) is 12.0 Å². The number of halogens is 3. The number of alkyl halides is 3. The number of Topliss-reactive ketones (excluding diaryl/α,β-unsaturated/α-hetero) is 2. The van der Waals surface area contributed by atoms with E-state index in [4.69, 9.17) is 10.5 Å². The molecule has 0 saturated heterocycles. The van der Waals surface area contributed by atoms with Gasteiger partial charge in [0.1, 0.15) is 22.8 Å². The van der Waals surface area contributed by atoms with Crippen LogP contribution in [0.3, 0.4) is 0 Å². The van der Waals surface area contributed by atoms with Crippen LogP contribution in [0.5, 0.6) is 5.75 Å². The van der Waals surface area contributed by atoms with Crippen LogP contribution in [-0.2, 0) is 38.3 Å². The molecule has 3 fully saturated rings. The van der Waals surface area contributed by atoms with Crippen LogP contribution in [0.25, 0.3) is 5.76 Å². The van der Waals surface area contributed by atoms with E-state index in [1.807, 2.05) is 0 Å². The lowest BCUT2D eigenvalue weighted by atomic mass is 9.57. The zero-order valence-corrected chi connectivity index (χ0v) is 24.6. The van der Waals surface area contributed by atoms with Crippen molar-refractivity contribution >= 4 is 23.2 Å². The predicted octanol–water partition coefficient (Wildman–Crippen LogP) is 2.35. The van der Waals surface area contributed by atoms with Gasteiger partial charge in [0.05, 0.1) is 24.3 Å². The molecule has 1 amide bonds. The molecule has 2 unspecified atom stereocenters. The first-order valence-corrected chi connectivity index (χ1v) is 14.8. The van der Waals surface area contributed by atoms with Crippen molar-refractivity contribution in [2.45, 2.75) is 68.9 Å². The molecule has 2 bridgehead atoms. The number of hydrogen-bond donors (Lipinski definition) is 5. The Morgan fingerprint density at radius 2 is 1.86 bits per heavy atom. The highest BCUT2D eigenvalue weighted by molar-refractivity contribution is 6.33. The van der Waals surface area contributed by atoms with Crippen LogP contribution in [0.4, 0.5) is 13.2 Å². The molecular weight excluding hydrogens is 583 g/mol. The molecule has 5 aliphatic carbocycles. The lowest BCUT2D eigenvalue weighted by molar-refractivity contribution is -0.162. The van der Waals surface area contributed by atoms with E-state index in [0.717, 1.165) is 31.7 Å². The Morgan fingerprint density at radius 1 is 1.16 bits per heavy atom. The summed E-state index contributed by atoms with van der Waals surface area (Å²) < 4.78 is 49.7. The van der Waals surface area contributed by atoms with Gasteiger partial charge in [0, 0.05) is 24.1 Å². The van der Waals surface area contributed by atoms with Gasteiger partial charge in [-0.2, -0.15) is 13.2 Å². The Morgan fingerprint density at radius 3 is 2.41 bits per heavy atom. The zero-order valence-electron chi connectivity index (χ0n) is 24.6. The van der Waals surface area contributed by atoms with E-state index in [0.29, 0.717) is 11.8 Å². The van der Waals surface area contributed by atoms with Crippen molar-refractivity contribution in [2.75, 3.05) is 21.2 Å². The molecule has 6 rings (SSSR count). The van der Waals surface area contributed by atoms with Gasteiger partial charge in [-0.1, -0.05) is 6.42 Å². The number of primary amides is 1. The third-order valence-corrected chi connectivity index (χ3v) is 10.6. The van der Waals surface area contributed by atoms with Crippen LogP contribution in [0, 0.1) is 23.7 Å². The highest BCUT2D eigenvalue weighted by Gasteiger charge is 2.65. The second-order valence-corrected chi connectivity index (χ2v) is 13.1. The number of rotatable bonds is 6. The Labute approximate surface area is 251 Å². The van der Waals surface area contributed by atoms with Gasteiger partial charge in [-0.15, -0.1) is 0 Å². The molecule has 0 spiro atoms. The predicted molar refractivity (Wildman–Crippen MR) is 150 cm³/mol. The van der Waals surface area contributed by atoms with Crippen molar-refractivity contribution in [2.24, 2.45) is 29.4 Å². The number of fused-ring (bicyclic) bond motifs is 5. The fourth-order valence-corrected chi connectivity index (χ4v) is 8.81. The van der Waals surface area contributed by atoms with E-state index in [9.17, 15) is 42.9 Å². The van der Waals surface area contributed by atoms with E-state index < -0.39 is 80.9 Å². The molecule has 1 aromatic rings. The van der Waals surface area contributed by atoms with Crippen LogP contribution in [0.1, 0.15) is 54.4 Å². The molecule has 13 heteroatoms. The monoisotopic (exact) mass is 619 g/mol. The number of nitrogens with two attached hydrogens (primary N) is 1. The molecule has 0 aromatic heterocycles. The molecule has 0 aliphatic heterocycles. The van der Waals surface area contributed by atoms with Crippen LogP contribution in [0.2, 0.25) is 0 Å². The number of amides is 1. The molecular formula is C31H36F3N3O7. The molecule has 3 saturated carbocycles. The first-order valence-electron chi connectivity index (χ1n) is 14.8. The van der Waals surface area contributed by atoms with Crippen LogP contribution < -0.4 is 11.1 Å². The van der Waals surface area contributed by atoms with Gasteiger partial charge >= 0.3 is 6.18 Å². The fraction of sp³-hybridized carbons (Fsp3) is 0.581. The molecule has 10 nitrogen and oxygen atoms in total. The standard InChI is InChI=1S/C31H36F3N3O7/c1-37(2)24-17-9-14-8-16-21(25(39)20(14)27(40)30(17,43)28(41)22(29(35)42)26(24)44-3)19(38)10-15(23(16)31(32,33)34)11-36-18-7-12-4-5-13(18)6-12/h10,12-14,17-18,24,36,38-39,43H,4-9,11H2,1-3H3,(H2,35,42)/t12?,13?,14-,17-,18-,24-,30-/m0/s1. The number of likely N-dealkylation sites (N-methyl/N-ethyl adjacent to an activating group) is 1. The Bertz CT molecular complexity index is 1530. The summed E-state index contributed by atoms with van der Waals surface area (Å²) in [7, 11) is 4.34. The molecule has 238 valence electrons. The van der Waals surface area contributed by atoms with Crippen molar-refractivity contribution in [1.82, 2.24) is 10.2 Å². The maximum Gasteiger partial charge on any atom is 0.417 e. The number of nitrogens with one attached hydrogen (secondary N) is 1. The van der Waals surface area contributed by atoms with E-state index in [1.54, 1.807) is 14.1 Å². The summed E-state index contributed by atoms with van der Waals surface area (Å²) >= 11 is 0. The second kappa shape index (κ2) is 10.3. The molecule has 7 atom stereocenters. The van der Waals surface area contributed by atoms with Crippen molar-refractivity contribution in [1.29, 1.82) is 0 Å². The number of aromatic hydroxyl groups is 1. The van der Waals surface area contributed by atoms with Gasteiger partial charge in [-0.05, 0) is 81.1 Å². The lowest BCUT2D eigenvalue weighted by Crippen LogP contribution is -2.67. The summed E-state index contributed by atoms with van der Waals surface area (Å²) in [6, 6.07) is 0.0184. The Kier molecular flexibility index (Phi) is 7.17. The van der Waals surface area contributed by atoms with Gasteiger partial charge in [0.25, 0.3) is 5.91 Å². The summed E-state index contributed by atoms with van der Waals surface area (Å²) in [6.45, 7) is -0.137. The first-order chi connectivity index (χ1) is 20.6. The van der Waals surface area contributed by atoms with Gasteiger partial charge < -0.3 is 31.1 Å². The minimum atomic E-state index is -4.85. The molecule has 5 aliphatic rings. The number of phenolic OH excluding ortho intramolecular Hbond substituents is 1. The number of aliphatic hydroxyl groups excluding tert-OH is 1. The third kappa shape index (κ3) is 4.30.